The van der Waals surface area contributed by atoms with Crippen molar-refractivity contribution in [1.82, 2.24) is 10.6 Å². The van der Waals surface area contributed by atoms with E-state index in [9.17, 15) is 4.79 Å². The summed E-state index contributed by atoms with van der Waals surface area (Å²) in [6, 6.07) is 7.74. The highest BCUT2D eigenvalue weighted by Gasteiger charge is 2.19. The molecule has 1 atom stereocenters. The predicted molar refractivity (Wildman–Crippen MR) is 73.8 cm³/mol. The first-order valence-electron chi connectivity index (χ1n) is 6.51. The molecule has 1 saturated heterocycles. The van der Waals surface area contributed by atoms with Crippen molar-refractivity contribution < 1.29 is 4.79 Å². The number of hydrogen-bond acceptors (Lipinski definition) is 2. The molecule has 2 rings (SSSR count). The van der Waals surface area contributed by atoms with E-state index in [4.69, 9.17) is 11.6 Å². The van der Waals surface area contributed by atoms with E-state index in [0.717, 1.165) is 30.8 Å². The van der Waals surface area contributed by atoms with Crippen molar-refractivity contribution in [3.8, 4) is 0 Å². The van der Waals surface area contributed by atoms with E-state index in [1.807, 2.05) is 24.3 Å². The lowest BCUT2D eigenvalue weighted by Gasteiger charge is -2.22. The first-order valence-corrected chi connectivity index (χ1v) is 6.89. The molecule has 1 amide bonds. The van der Waals surface area contributed by atoms with Gasteiger partial charge in [-0.1, -0.05) is 30.2 Å². The van der Waals surface area contributed by atoms with Crippen molar-refractivity contribution >= 4 is 17.5 Å². The summed E-state index contributed by atoms with van der Waals surface area (Å²) >= 11 is 5.82. The summed E-state index contributed by atoms with van der Waals surface area (Å²) in [5.74, 6) is 0.128. The molecular weight excluding hydrogens is 248 g/mol. The molecule has 4 heteroatoms. The van der Waals surface area contributed by atoms with E-state index in [1.54, 1.807) is 0 Å². The Morgan fingerprint density at radius 2 is 2.11 bits per heavy atom. The Morgan fingerprint density at radius 3 is 2.78 bits per heavy atom. The van der Waals surface area contributed by atoms with Gasteiger partial charge in [-0.05, 0) is 43.5 Å². The van der Waals surface area contributed by atoms with E-state index in [1.165, 1.54) is 12.0 Å². The Kier molecular flexibility index (Phi) is 5.02. The van der Waals surface area contributed by atoms with E-state index >= 15 is 0 Å². The van der Waals surface area contributed by atoms with Gasteiger partial charge in [-0.3, -0.25) is 4.79 Å². The van der Waals surface area contributed by atoms with Crippen molar-refractivity contribution in [3.63, 3.8) is 0 Å². The van der Waals surface area contributed by atoms with Gasteiger partial charge in [0.25, 0.3) is 0 Å². The van der Waals surface area contributed by atoms with Gasteiger partial charge < -0.3 is 10.6 Å². The predicted octanol–water partition coefficient (Wildman–Crippen LogP) is 2.14. The second-order valence-electron chi connectivity index (χ2n) is 4.67. The van der Waals surface area contributed by atoms with Gasteiger partial charge in [0.05, 0.1) is 6.04 Å². The number of carbonyl (C=O) groups excluding carboxylic acids is 1. The Balaban J connectivity index is 1.71. The third kappa shape index (κ3) is 4.00. The standard InChI is InChI=1S/C14H19ClN2O/c15-12-6-4-11(5-7-12)8-10-17-14(18)13-3-1-2-9-16-13/h4-7,13,16H,1-3,8-10H2,(H,17,18)/t13-/m1/s1. The second kappa shape index (κ2) is 6.76. The van der Waals surface area contributed by atoms with Crippen LogP contribution in [0.2, 0.25) is 5.02 Å². The monoisotopic (exact) mass is 266 g/mol. The van der Waals surface area contributed by atoms with Crippen LogP contribution < -0.4 is 10.6 Å². The molecule has 1 aliphatic heterocycles. The Bertz CT molecular complexity index is 385. The highest BCUT2D eigenvalue weighted by Crippen LogP contribution is 2.10. The summed E-state index contributed by atoms with van der Waals surface area (Å²) in [7, 11) is 0. The first kappa shape index (κ1) is 13.4. The minimum atomic E-state index is 0.00367. The van der Waals surface area contributed by atoms with Gasteiger partial charge in [0.2, 0.25) is 5.91 Å². The van der Waals surface area contributed by atoms with Crippen LogP contribution in [-0.4, -0.2) is 25.0 Å². The number of nitrogens with one attached hydrogen (secondary N) is 2. The first-order chi connectivity index (χ1) is 8.75. The van der Waals surface area contributed by atoms with E-state index < -0.39 is 0 Å². The van der Waals surface area contributed by atoms with Crippen molar-refractivity contribution in [2.24, 2.45) is 0 Å². The summed E-state index contributed by atoms with van der Waals surface area (Å²) in [6.07, 6.45) is 4.11. The summed E-state index contributed by atoms with van der Waals surface area (Å²) < 4.78 is 0. The lowest BCUT2D eigenvalue weighted by Crippen LogP contribution is -2.47. The van der Waals surface area contributed by atoms with Gasteiger partial charge in [-0.15, -0.1) is 0 Å². The summed E-state index contributed by atoms with van der Waals surface area (Å²) in [5.41, 5.74) is 1.19. The maximum Gasteiger partial charge on any atom is 0.237 e. The van der Waals surface area contributed by atoms with Crippen LogP contribution >= 0.6 is 11.6 Å². The maximum absolute atomic E-state index is 11.8. The quantitative estimate of drug-likeness (QED) is 0.877. The van der Waals surface area contributed by atoms with Crippen LogP contribution in [0, 0.1) is 0 Å². The van der Waals surface area contributed by atoms with Gasteiger partial charge in [0, 0.05) is 11.6 Å². The van der Waals surface area contributed by atoms with Gasteiger partial charge in [-0.25, -0.2) is 0 Å². The van der Waals surface area contributed by atoms with Crippen molar-refractivity contribution in [3.05, 3.63) is 34.9 Å². The highest BCUT2D eigenvalue weighted by atomic mass is 35.5. The van der Waals surface area contributed by atoms with Crippen molar-refractivity contribution in [2.75, 3.05) is 13.1 Å². The Morgan fingerprint density at radius 1 is 1.33 bits per heavy atom. The zero-order chi connectivity index (χ0) is 12.8. The molecule has 0 bridgehead atoms. The number of hydrogen-bond donors (Lipinski definition) is 2. The smallest absolute Gasteiger partial charge is 0.237 e. The van der Waals surface area contributed by atoms with Crippen LogP contribution in [0.25, 0.3) is 0 Å². The largest absolute Gasteiger partial charge is 0.354 e. The number of rotatable bonds is 4. The summed E-state index contributed by atoms with van der Waals surface area (Å²) in [4.78, 5) is 11.8. The molecule has 0 saturated carbocycles. The fourth-order valence-electron chi connectivity index (χ4n) is 2.18. The molecule has 2 N–H and O–H groups in total. The lowest BCUT2D eigenvalue weighted by atomic mass is 10.0. The minimum Gasteiger partial charge on any atom is -0.354 e. The fourth-order valence-corrected chi connectivity index (χ4v) is 2.31. The number of amides is 1. The third-order valence-electron chi connectivity index (χ3n) is 3.25. The number of benzene rings is 1. The molecule has 98 valence electrons. The molecular formula is C14H19ClN2O. The van der Waals surface area contributed by atoms with Crippen LogP contribution in [0.4, 0.5) is 0 Å². The van der Waals surface area contributed by atoms with Crippen LogP contribution in [0.1, 0.15) is 24.8 Å². The molecule has 0 aliphatic carbocycles. The highest BCUT2D eigenvalue weighted by molar-refractivity contribution is 6.30. The molecule has 1 heterocycles. The maximum atomic E-state index is 11.8. The summed E-state index contributed by atoms with van der Waals surface area (Å²) in [6.45, 7) is 1.63. The molecule has 0 unspecified atom stereocenters. The average Bonchev–Trinajstić information content (AvgIpc) is 2.42. The normalized spacial score (nSPS) is 19.5. The molecule has 18 heavy (non-hydrogen) atoms. The number of piperidine rings is 1. The fraction of sp³-hybridized carbons (Fsp3) is 0.500. The third-order valence-corrected chi connectivity index (χ3v) is 3.50. The minimum absolute atomic E-state index is 0.00367. The number of carbonyl (C=O) groups is 1. The van der Waals surface area contributed by atoms with E-state index in [-0.39, 0.29) is 11.9 Å². The molecule has 1 aromatic carbocycles. The number of halogens is 1. The zero-order valence-electron chi connectivity index (χ0n) is 10.4. The van der Waals surface area contributed by atoms with Gasteiger partial charge in [0.15, 0.2) is 0 Å². The van der Waals surface area contributed by atoms with Gasteiger partial charge in [0.1, 0.15) is 0 Å². The Labute approximate surface area is 113 Å². The van der Waals surface area contributed by atoms with Crippen LogP contribution in [0.5, 0.6) is 0 Å². The lowest BCUT2D eigenvalue weighted by molar-refractivity contribution is -0.123. The summed E-state index contributed by atoms with van der Waals surface area (Å²) in [5, 5.41) is 6.97. The molecule has 1 aromatic rings. The van der Waals surface area contributed by atoms with Crippen LogP contribution in [-0.2, 0) is 11.2 Å². The SMILES string of the molecule is O=C(NCCc1ccc(Cl)cc1)[C@H]1CCCCN1. The topological polar surface area (TPSA) is 41.1 Å². The Hall–Kier alpha value is -1.06. The van der Waals surface area contributed by atoms with E-state index in [2.05, 4.69) is 10.6 Å². The molecule has 1 fully saturated rings. The molecule has 0 spiro atoms. The van der Waals surface area contributed by atoms with Crippen molar-refractivity contribution in [1.29, 1.82) is 0 Å². The molecule has 3 nitrogen and oxygen atoms in total. The average molecular weight is 267 g/mol. The van der Waals surface area contributed by atoms with Crippen LogP contribution in [0.15, 0.2) is 24.3 Å². The van der Waals surface area contributed by atoms with E-state index in [0.29, 0.717) is 6.54 Å². The van der Waals surface area contributed by atoms with Crippen molar-refractivity contribution in [2.45, 2.75) is 31.7 Å². The van der Waals surface area contributed by atoms with Crippen LogP contribution in [0.3, 0.4) is 0 Å². The molecule has 0 radical (unpaired) electrons. The van der Waals surface area contributed by atoms with Gasteiger partial charge in [-0.2, -0.15) is 0 Å². The van der Waals surface area contributed by atoms with Gasteiger partial charge >= 0.3 is 0 Å². The zero-order valence-corrected chi connectivity index (χ0v) is 11.2. The molecule has 0 aromatic heterocycles. The second-order valence-corrected chi connectivity index (χ2v) is 5.11. The molecule has 1 aliphatic rings.